The fourth-order valence-corrected chi connectivity index (χ4v) is 4.53. The van der Waals surface area contributed by atoms with Crippen LogP contribution in [-0.2, 0) is 19.5 Å². The number of methoxy groups -OCH3 is 1. The van der Waals surface area contributed by atoms with Gasteiger partial charge >= 0.3 is 5.97 Å². The summed E-state index contributed by atoms with van der Waals surface area (Å²) < 4.78 is 37.4. The van der Waals surface area contributed by atoms with Crippen LogP contribution in [0.3, 0.4) is 0 Å². The monoisotopic (exact) mass is 341 g/mol. The normalized spacial score (nSPS) is 19.5. The van der Waals surface area contributed by atoms with Gasteiger partial charge in [-0.15, -0.1) is 0 Å². The number of benzene rings is 1. The SMILES string of the molecule is CCOC1CCCN(S(=O)(=O)c2ccc(C(=O)OC)cc2C)C1. The third-order valence-electron chi connectivity index (χ3n) is 3.96. The smallest absolute Gasteiger partial charge is 0.337 e. The number of rotatable bonds is 5. The largest absolute Gasteiger partial charge is 0.465 e. The second kappa shape index (κ2) is 7.42. The number of esters is 1. The van der Waals surface area contributed by atoms with Gasteiger partial charge in [-0.1, -0.05) is 0 Å². The van der Waals surface area contributed by atoms with Crippen LogP contribution in [0.4, 0.5) is 0 Å². The number of sulfonamides is 1. The fraction of sp³-hybridized carbons (Fsp3) is 0.562. The van der Waals surface area contributed by atoms with Crippen LogP contribution in [0, 0.1) is 6.92 Å². The maximum absolute atomic E-state index is 12.9. The number of hydrogen-bond acceptors (Lipinski definition) is 5. The van der Waals surface area contributed by atoms with Crippen molar-refractivity contribution in [2.45, 2.75) is 37.7 Å². The van der Waals surface area contributed by atoms with E-state index in [9.17, 15) is 13.2 Å². The fourth-order valence-electron chi connectivity index (χ4n) is 2.82. The number of carbonyl (C=O) groups excluding carboxylic acids is 1. The third-order valence-corrected chi connectivity index (χ3v) is 5.98. The number of piperidine rings is 1. The molecule has 2 rings (SSSR count). The van der Waals surface area contributed by atoms with Gasteiger partial charge in [0.15, 0.2) is 0 Å². The Morgan fingerprint density at radius 1 is 1.39 bits per heavy atom. The Kier molecular flexibility index (Phi) is 5.78. The maximum atomic E-state index is 12.9. The number of nitrogens with zero attached hydrogens (tertiary/aromatic N) is 1. The number of carbonyl (C=O) groups is 1. The molecule has 0 radical (unpaired) electrons. The molecule has 0 bridgehead atoms. The predicted molar refractivity (Wildman–Crippen MR) is 85.9 cm³/mol. The molecule has 1 aliphatic heterocycles. The summed E-state index contributed by atoms with van der Waals surface area (Å²) in [5, 5.41) is 0. The van der Waals surface area contributed by atoms with Crippen LogP contribution in [0.25, 0.3) is 0 Å². The van der Waals surface area contributed by atoms with Crippen molar-refractivity contribution in [3.8, 4) is 0 Å². The van der Waals surface area contributed by atoms with Gasteiger partial charge in [-0.05, 0) is 50.5 Å². The first kappa shape index (κ1) is 17.9. The third kappa shape index (κ3) is 3.91. The highest BCUT2D eigenvalue weighted by molar-refractivity contribution is 7.89. The van der Waals surface area contributed by atoms with Crippen molar-refractivity contribution in [3.63, 3.8) is 0 Å². The molecule has 0 spiro atoms. The van der Waals surface area contributed by atoms with Gasteiger partial charge < -0.3 is 9.47 Å². The van der Waals surface area contributed by atoms with Gasteiger partial charge in [0.1, 0.15) is 0 Å². The molecule has 1 heterocycles. The molecular weight excluding hydrogens is 318 g/mol. The Labute approximate surface area is 137 Å². The van der Waals surface area contributed by atoms with E-state index in [0.717, 1.165) is 12.8 Å². The lowest BCUT2D eigenvalue weighted by Gasteiger charge is -2.32. The minimum atomic E-state index is -3.59. The van der Waals surface area contributed by atoms with Gasteiger partial charge in [-0.3, -0.25) is 0 Å². The summed E-state index contributed by atoms with van der Waals surface area (Å²) in [7, 11) is -2.30. The predicted octanol–water partition coefficient (Wildman–Crippen LogP) is 1.97. The number of hydrogen-bond donors (Lipinski definition) is 0. The molecular formula is C16H23NO5S. The van der Waals surface area contributed by atoms with E-state index in [0.29, 0.717) is 30.8 Å². The Bertz CT molecular complexity index is 669. The molecule has 6 nitrogen and oxygen atoms in total. The summed E-state index contributed by atoms with van der Waals surface area (Å²) in [6, 6.07) is 4.50. The van der Waals surface area contributed by atoms with E-state index < -0.39 is 16.0 Å². The molecule has 0 aliphatic carbocycles. The molecule has 0 amide bonds. The van der Waals surface area contributed by atoms with E-state index in [2.05, 4.69) is 4.74 Å². The first-order chi connectivity index (χ1) is 10.9. The number of ether oxygens (including phenoxy) is 2. The summed E-state index contributed by atoms with van der Waals surface area (Å²) >= 11 is 0. The summed E-state index contributed by atoms with van der Waals surface area (Å²) in [5.74, 6) is -0.480. The summed E-state index contributed by atoms with van der Waals surface area (Å²) in [6.07, 6.45) is 1.60. The molecule has 0 N–H and O–H groups in total. The van der Waals surface area contributed by atoms with E-state index in [1.807, 2.05) is 6.92 Å². The highest BCUT2D eigenvalue weighted by atomic mass is 32.2. The molecule has 0 saturated carbocycles. The van der Waals surface area contributed by atoms with Crippen molar-refractivity contribution < 1.29 is 22.7 Å². The van der Waals surface area contributed by atoms with Crippen molar-refractivity contribution in [2.24, 2.45) is 0 Å². The van der Waals surface area contributed by atoms with E-state index in [-0.39, 0.29) is 11.0 Å². The first-order valence-electron chi connectivity index (χ1n) is 7.70. The van der Waals surface area contributed by atoms with Crippen molar-refractivity contribution in [1.29, 1.82) is 0 Å². The Balaban J connectivity index is 2.27. The lowest BCUT2D eigenvalue weighted by atomic mass is 10.1. The van der Waals surface area contributed by atoms with Gasteiger partial charge in [0.2, 0.25) is 10.0 Å². The first-order valence-corrected chi connectivity index (χ1v) is 9.15. The molecule has 1 unspecified atom stereocenters. The lowest BCUT2D eigenvalue weighted by molar-refractivity contribution is 0.0265. The van der Waals surface area contributed by atoms with Crippen molar-refractivity contribution in [2.75, 3.05) is 26.8 Å². The van der Waals surface area contributed by atoms with E-state index in [1.54, 1.807) is 13.0 Å². The molecule has 1 fully saturated rings. The van der Waals surface area contributed by atoms with Gasteiger partial charge in [0, 0.05) is 19.7 Å². The zero-order valence-electron chi connectivity index (χ0n) is 13.7. The van der Waals surface area contributed by atoms with Crippen LogP contribution in [0.2, 0.25) is 0 Å². The van der Waals surface area contributed by atoms with Gasteiger partial charge in [-0.2, -0.15) is 4.31 Å². The Morgan fingerprint density at radius 2 is 2.13 bits per heavy atom. The quantitative estimate of drug-likeness (QED) is 0.766. The van der Waals surface area contributed by atoms with E-state index in [1.165, 1.54) is 23.5 Å². The molecule has 0 aromatic heterocycles. The van der Waals surface area contributed by atoms with Crippen LogP contribution in [0.15, 0.2) is 23.1 Å². The number of aryl methyl sites for hydroxylation is 1. The van der Waals surface area contributed by atoms with Crippen LogP contribution < -0.4 is 0 Å². The van der Waals surface area contributed by atoms with Gasteiger partial charge in [0.25, 0.3) is 0 Å². The van der Waals surface area contributed by atoms with Crippen LogP contribution in [0.1, 0.15) is 35.7 Å². The average molecular weight is 341 g/mol. The van der Waals surface area contributed by atoms with Crippen molar-refractivity contribution in [1.82, 2.24) is 4.31 Å². The molecule has 1 aromatic rings. The summed E-state index contributed by atoms with van der Waals surface area (Å²) in [6.45, 7) is 5.02. The minimum absolute atomic E-state index is 0.0572. The Hall–Kier alpha value is -1.44. The molecule has 1 aromatic carbocycles. The highest BCUT2D eigenvalue weighted by Gasteiger charge is 2.31. The summed E-state index contributed by atoms with van der Waals surface area (Å²) in [4.78, 5) is 11.8. The minimum Gasteiger partial charge on any atom is -0.465 e. The van der Waals surface area contributed by atoms with E-state index >= 15 is 0 Å². The highest BCUT2D eigenvalue weighted by Crippen LogP contribution is 2.25. The molecule has 128 valence electrons. The van der Waals surface area contributed by atoms with Gasteiger partial charge in [-0.25, -0.2) is 13.2 Å². The molecule has 1 atom stereocenters. The zero-order valence-corrected chi connectivity index (χ0v) is 14.6. The van der Waals surface area contributed by atoms with Crippen molar-refractivity contribution in [3.05, 3.63) is 29.3 Å². The van der Waals surface area contributed by atoms with E-state index in [4.69, 9.17) is 4.74 Å². The second-order valence-corrected chi connectivity index (χ2v) is 7.46. The molecule has 23 heavy (non-hydrogen) atoms. The zero-order chi connectivity index (χ0) is 17.0. The molecule has 1 saturated heterocycles. The Morgan fingerprint density at radius 3 is 2.74 bits per heavy atom. The van der Waals surface area contributed by atoms with Crippen LogP contribution in [-0.4, -0.2) is 51.6 Å². The molecule has 7 heteroatoms. The lowest BCUT2D eigenvalue weighted by Crippen LogP contribution is -2.43. The topological polar surface area (TPSA) is 72.9 Å². The average Bonchev–Trinajstić information content (AvgIpc) is 2.54. The molecule has 1 aliphatic rings. The van der Waals surface area contributed by atoms with Gasteiger partial charge in [0.05, 0.1) is 23.7 Å². The standard InChI is InChI=1S/C16H23NO5S/c1-4-22-14-6-5-9-17(11-14)23(19,20)15-8-7-13(10-12(15)2)16(18)21-3/h7-8,10,14H,4-6,9,11H2,1-3H3. The maximum Gasteiger partial charge on any atom is 0.337 e. The van der Waals surface area contributed by atoms with Crippen LogP contribution in [0.5, 0.6) is 0 Å². The second-order valence-electron chi connectivity index (χ2n) is 5.55. The van der Waals surface area contributed by atoms with Crippen LogP contribution >= 0.6 is 0 Å². The van der Waals surface area contributed by atoms with Crippen molar-refractivity contribution >= 4 is 16.0 Å². The summed E-state index contributed by atoms with van der Waals surface area (Å²) in [5.41, 5.74) is 0.876.